The highest BCUT2D eigenvalue weighted by molar-refractivity contribution is 6.32. The predicted molar refractivity (Wildman–Crippen MR) is 245 cm³/mol. The molecule has 0 spiro atoms. The number of aromatic nitrogens is 2. The van der Waals surface area contributed by atoms with E-state index in [1.165, 1.54) is 47.0 Å². The van der Waals surface area contributed by atoms with Crippen LogP contribution in [0.5, 0.6) is 23.0 Å². The molecule has 0 aliphatic heterocycles. The van der Waals surface area contributed by atoms with Crippen molar-refractivity contribution < 1.29 is 68.8 Å². The van der Waals surface area contributed by atoms with Crippen LogP contribution in [0, 0.1) is 25.5 Å². The van der Waals surface area contributed by atoms with Crippen LogP contribution in [0.4, 0.5) is 35.1 Å². The van der Waals surface area contributed by atoms with E-state index in [0.717, 1.165) is 96.0 Å². The van der Waals surface area contributed by atoms with Crippen molar-refractivity contribution in [2.75, 3.05) is 6.61 Å². The molecule has 0 aliphatic rings. The quantitative estimate of drug-likeness (QED) is 0.0835. The monoisotopic (exact) mass is 1040 g/mol. The number of rotatable bonds is 14. The van der Waals surface area contributed by atoms with Gasteiger partial charge < -0.3 is 33.2 Å². The van der Waals surface area contributed by atoms with Crippen molar-refractivity contribution in [2.24, 2.45) is 14.1 Å². The molecule has 0 saturated carbocycles. The van der Waals surface area contributed by atoms with Gasteiger partial charge in [-0.25, -0.2) is 18.4 Å². The third kappa shape index (κ3) is 10.4. The molecule has 4 aromatic carbocycles. The van der Waals surface area contributed by atoms with E-state index in [-0.39, 0.29) is 61.9 Å². The number of ether oxygens (including phenoxy) is 4. The Labute approximate surface area is 409 Å². The Morgan fingerprint density at radius 3 is 1.45 bits per heavy atom. The molecule has 2 aromatic heterocycles. The summed E-state index contributed by atoms with van der Waals surface area (Å²) in [7, 11) is 2.39. The number of aryl methyl sites for hydroxylation is 4. The molecule has 0 fully saturated rings. The number of aliphatic hydroxyl groups is 1. The maximum Gasteiger partial charge on any atom is 0.433 e. The molecule has 0 saturated heterocycles. The van der Waals surface area contributed by atoms with Gasteiger partial charge in [0.05, 0.1) is 17.7 Å². The number of esters is 2. The van der Waals surface area contributed by atoms with Gasteiger partial charge >= 0.3 is 24.3 Å². The molecule has 0 bridgehead atoms. The summed E-state index contributed by atoms with van der Waals surface area (Å²) in [6.07, 6.45) is -9.17. The van der Waals surface area contributed by atoms with Crippen molar-refractivity contribution in [1.82, 2.24) is 9.13 Å². The Morgan fingerprint density at radius 1 is 0.620 bits per heavy atom. The van der Waals surface area contributed by atoms with Crippen LogP contribution in [0.25, 0.3) is 0 Å². The standard InChI is InChI=1S/C50H42Cl2F8N2O9/c1-8-68-45(65)37-19-31(11-15-41(37)53)69-34-10-14-36(40(52)22-34)28(5)48(50(58,59)60,30-18-26(3)44(64)62(7)24-30)71-46(66)38-20-32(12-16-42(38)54)70-33-9-13-35(39(51)21-33)27(4)47(67,49(55,56)57)29-17-25(2)43(63)61(6)23-29/h9-24,27-28,67H,8H2,1-7H3. The number of carbonyl (C=O) groups excluding carboxylic acids is 2. The molecule has 1 N–H and O–H groups in total. The Morgan fingerprint density at radius 2 is 1.03 bits per heavy atom. The molecule has 0 amide bonds. The van der Waals surface area contributed by atoms with E-state index in [1.807, 2.05) is 0 Å². The van der Waals surface area contributed by atoms with Crippen molar-refractivity contribution in [1.29, 1.82) is 0 Å². The fourth-order valence-electron chi connectivity index (χ4n) is 8.11. The van der Waals surface area contributed by atoms with Gasteiger partial charge in [0.1, 0.15) is 34.6 Å². The predicted octanol–water partition coefficient (Wildman–Crippen LogP) is 12.0. The van der Waals surface area contributed by atoms with Crippen molar-refractivity contribution in [3.05, 3.63) is 184 Å². The second-order valence-corrected chi connectivity index (χ2v) is 17.4. The van der Waals surface area contributed by atoms with Gasteiger partial charge in [-0.05, 0) is 105 Å². The van der Waals surface area contributed by atoms with Crippen molar-refractivity contribution >= 4 is 35.1 Å². The summed E-state index contributed by atoms with van der Waals surface area (Å²) in [5.74, 6) is -9.63. The topological polar surface area (TPSA) is 135 Å². The summed E-state index contributed by atoms with van der Waals surface area (Å²) in [4.78, 5) is 51.4. The molecular formula is C50H42Cl2F8N2O9. The second-order valence-electron chi connectivity index (χ2n) is 16.6. The van der Waals surface area contributed by atoms with Crippen LogP contribution in [0.1, 0.15) is 86.7 Å². The first kappa shape index (κ1) is 53.6. The number of benzene rings is 4. The maximum absolute atomic E-state index is 16.1. The van der Waals surface area contributed by atoms with Crippen molar-refractivity contribution in [3.63, 3.8) is 0 Å². The van der Waals surface area contributed by atoms with E-state index >= 15 is 17.6 Å². The lowest BCUT2D eigenvalue weighted by molar-refractivity contribution is -0.274. The summed E-state index contributed by atoms with van der Waals surface area (Å²) in [6, 6.07) is 14.1. The van der Waals surface area contributed by atoms with Crippen LogP contribution in [0.2, 0.25) is 10.0 Å². The molecule has 4 atom stereocenters. The Balaban J connectivity index is 1.36. The first-order valence-electron chi connectivity index (χ1n) is 21.2. The van der Waals surface area contributed by atoms with Crippen molar-refractivity contribution in [3.8, 4) is 23.0 Å². The molecule has 21 heteroatoms. The zero-order chi connectivity index (χ0) is 52.7. The molecule has 11 nitrogen and oxygen atoms in total. The molecule has 0 aliphatic carbocycles. The van der Waals surface area contributed by atoms with Gasteiger partial charge in [0, 0.05) is 70.6 Å². The maximum atomic E-state index is 16.1. The van der Waals surface area contributed by atoms with E-state index in [0.29, 0.717) is 12.1 Å². The molecule has 0 radical (unpaired) electrons. The smallest absolute Gasteiger partial charge is 0.433 e. The molecule has 71 heavy (non-hydrogen) atoms. The van der Waals surface area contributed by atoms with Crippen LogP contribution in [0.15, 0.2) is 107 Å². The highest BCUT2D eigenvalue weighted by Crippen LogP contribution is 2.54. The average molecular weight is 1040 g/mol. The van der Waals surface area contributed by atoms with Crippen molar-refractivity contribution in [2.45, 2.75) is 70.0 Å². The van der Waals surface area contributed by atoms with E-state index < -0.39 is 92.3 Å². The van der Waals surface area contributed by atoms with E-state index in [2.05, 4.69) is 0 Å². The summed E-state index contributed by atoms with van der Waals surface area (Å²) in [5, 5.41) is 10.6. The van der Waals surface area contributed by atoms with E-state index in [1.54, 1.807) is 0 Å². The fourth-order valence-corrected chi connectivity index (χ4v) is 8.78. The molecular weight excluding hydrogens is 995 g/mol. The summed E-state index contributed by atoms with van der Waals surface area (Å²) in [6.45, 7) is 6.07. The highest BCUT2D eigenvalue weighted by Gasteiger charge is 2.64. The lowest BCUT2D eigenvalue weighted by Gasteiger charge is -2.41. The number of alkyl halides is 6. The zero-order valence-corrected chi connectivity index (χ0v) is 40.0. The van der Waals surface area contributed by atoms with Gasteiger partial charge in [-0.3, -0.25) is 9.59 Å². The molecule has 4 unspecified atom stereocenters. The van der Waals surface area contributed by atoms with Gasteiger partial charge in [0.2, 0.25) is 5.60 Å². The minimum Gasteiger partial charge on any atom is -0.462 e. The molecule has 376 valence electrons. The lowest BCUT2D eigenvalue weighted by atomic mass is 9.77. The van der Waals surface area contributed by atoms with Crippen LogP contribution < -0.4 is 20.6 Å². The fraction of sp³-hybridized carbons (Fsp3) is 0.280. The number of carbonyl (C=O) groups is 2. The lowest BCUT2D eigenvalue weighted by Crippen LogP contribution is -2.51. The third-order valence-electron chi connectivity index (χ3n) is 11.9. The molecule has 6 aromatic rings. The Kier molecular flexibility index (Phi) is 15.3. The van der Waals surface area contributed by atoms with Crippen LogP contribution in [-0.4, -0.2) is 45.1 Å². The first-order chi connectivity index (χ1) is 33.0. The number of hydrogen-bond acceptors (Lipinski definition) is 9. The number of hydrogen-bond donors (Lipinski definition) is 1. The minimum absolute atomic E-state index is 0.0505. The molecule has 6 rings (SSSR count). The number of halogens is 10. The highest BCUT2D eigenvalue weighted by atomic mass is 35.5. The summed E-state index contributed by atoms with van der Waals surface area (Å²) in [5.41, 5.74) is -12.3. The normalized spacial score (nSPS) is 14.5. The largest absolute Gasteiger partial charge is 0.462 e. The summed E-state index contributed by atoms with van der Waals surface area (Å²) < 4.78 is 146. The van der Waals surface area contributed by atoms with Crippen LogP contribution in [-0.2, 0) is 34.8 Å². The van der Waals surface area contributed by atoms with Gasteiger partial charge in [0.15, 0.2) is 5.60 Å². The van der Waals surface area contributed by atoms with Crippen LogP contribution in [0.3, 0.4) is 0 Å². The minimum atomic E-state index is -5.55. The van der Waals surface area contributed by atoms with Gasteiger partial charge in [0.25, 0.3) is 11.1 Å². The number of pyridine rings is 2. The Bertz CT molecular complexity index is 3120. The van der Waals surface area contributed by atoms with Crippen LogP contribution >= 0.6 is 23.2 Å². The average Bonchev–Trinajstić information content (AvgIpc) is 3.28. The van der Waals surface area contributed by atoms with Gasteiger partial charge in [-0.1, -0.05) is 49.2 Å². The second kappa shape index (κ2) is 20.2. The first-order valence-corrected chi connectivity index (χ1v) is 22.0. The van der Waals surface area contributed by atoms with E-state index in [4.69, 9.17) is 42.1 Å². The SMILES string of the molecule is CCOC(=O)c1cc(Oc2ccc(C(C)C(OC(=O)c3cc(Oc4ccc(C(C)C(O)(c5cc(C)c(=O)n(C)c5)C(F)(F)F)c(Cl)c4)ccc3F)(c3cc(C)c(=O)n(C)c3)C(F)(F)F)c(Cl)c2)ccc1F. The Hall–Kier alpha value is -6.70. The zero-order valence-electron chi connectivity index (χ0n) is 38.5. The van der Waals surface area contributed by atoms with E-state index in [9.17, 15) is 41.8 Å². The van der Waals surface area contributed by atoms with Gasteiger partial charge in [-0.15, -0.1) is 0 Å². The number of nitrogens with zero attached hydrogens (tertiary/aromatic N) is 2. The summed E-state index contributed by atoms with van der Waals surface area (Å²) >= 11 is 13.1. The van der Waals surface area contributed by atoms with Gasteiger partial charge in [-0.2, -0.15) is 26.3 Å². The third-order valence-corrected chi connectivity index (χ3v) is 12.5. The molecule has 2 heterocycles.